The first-order valence-electron chi connectivity index (χ1n) is 5.37. The van der Waals surface area contributed by atoms with Crippen LogP contribution in [0.5, 0.6) is 0 Å². The number of hydrogen-bond acceptors (Lipinski definition) is 3. The molecule has 1 N–H and O–H groups in total. The van der Waals surface area contributed by atoms with Crippen LogP contribution in [0.25, 0.3) is 0 Å². The topological polar surface area (TPSA) is 38.3 Å². The lowest BCUT2D eigenvalue weighted by Gasteiger charge is -2.10. The predicted octanol–water partition coefficient (Wildman–Crippen LogP) is 2.04. The molecule has 1 fully saturated rings. The van der Waals surface area contributed by atoms with Gasteiger partial charge < -0.3 is 10.1 Å². The van der Waals surface area contributed by atoms with Gasteiger partial charge in [0.1, 0.15) is 5.82 Å². The van der Waals surface area contributed by atoms with E-state index in [1.807, 2.05) is 0 Å². The van der Waals surface area contributed by atoms with Crippen molar-refractivity contribution in [2.45, 2.75) is 18.6 Å². The number of carbonyl (C=O) groups is 1. The molecule has 0 saturated carbocycles. The Kier molecular flexibility index (Phi) is 3.76. The minimum atomic E-state index is -0.579. The molecule has 1 aliphatic rings. The molecule has 1 aliphatic heterocycles. The number of rotatable bonds is 3. The van der Waals surface area contributed by atoms with E-state index in [1.165, 1.54) is 12.1 Å². The number of ether oxygens (including phenoxy) is 1. The Bertz CT molecular complexity index is 439. The molecule has 2 rings (SSSR count). The SMILES string of the molecule is COC1CNC(C(=O)c2ccc(Cl)cc2F)C1. The molecule has 5 heteroatoms. The maximum atomic E-state index is 13.6. The zero-order valence-corrected chi connectivity index (χ0v) is 10.1. The van der Waals surface area contributed by atoms with Gasteiger partial charge in [-0.3, -0.25) is 4.79 Å². The molecular weight excluding hydrogens is 245 g/mol. The van der Waals surface area contributed by atoms with Crippen molar-refractivity contribution in [1.82, 2.24) is 5.32 Å². The second-order valence-corrected chi connectivity index (χ2v) is 4.48. The summed E-state index contributed by atoms with van der Waals surface area (Å²) in [6, 6.07) is 3.70. The summed E-state index contributed by atoms with van der Waals surface area (Å²) < 4.78 is 18.7. The number of hydrogen-bond donors (Lipinski definition) is 1. The second kappa shape index (κ2) is 5.12. The molecule has 17 heavy (non-hydrogen) atoms. The Morgan fingerprint density at radius 2 is 2.35 bits per heavy atom. The van der Waals surface area contributed by atoms with Crippen LogP contribution >= 0.6 is 11.6 Å². The summed E-state index contributed by atoms with van der Waals surface area (Å²) in [5.74, 6) is -0.830. The molecule has 2 atom stereocenters. The number of methoxy groups -OCH3 is 1. The van der Waals surface area contributed by atoms with E-state index in [1.54, 1.807) is 7.11 Å². The highest BCUT2D eigenvalue weighted by Gasteiger charge is 2.31. The molecular formula is C12H13ClFNO2. The Morgan fingerprint density at radius 3 is 2.94 bits per heavy atom. The molecule has 2 unspecified atom stereocenters. The van der Waals surface area contributed by atoms with Crippen molar-refractivity contribution in [1.29, 1.82) is 0 Å². The van der Waals surface area contributed by atoms with Gasteiger partial charge in [0.15, 0.2) is 5.78 Å². The highest BCUT2D eigenvalue weighted by atomic mass is 35.5. The number of benzene rings is 1. The third-order valence-electron chi connectivity index (χ3n) is 2.94. The molecule has 1 saturated heterocycles. The van der Waals surface area contributed by atoms with Crippen molar-refractivity contribution < 1.29 is 13.9 Å². The molecule has 1 heterocycles. The van der Waals surface area contributed by atoms with Gasteiger partial charge in [-0.25, -0.2) is 4.39 Å². The van der Waals surface area contributed by atoms with Gasteiger partial charge in [0.25, 0.3) is 0 Å². The largest absolute Gasteiger partial charge is 0.380 e. The number of nitrogens with one attached hydrogen (secondary N) is 1. The minimum Gasteiger partial charge on any atom is -0.380 e. The molecule has 3 nitrogen and oxygen atoms in total. The Balaban J connectivity index is 2.15. The van der Waals surface area contributed by atoms with Gasteiger partial charge in [-0.05, 0) is 24.6 Å². The lowest BCUT2D eigenvalue weighted by Crippen LogP contribution is -2.31. The van der Waals surface area contributed by atoms with Crippen molar-refractivity contribution in [3.63, 3.8) is 0 Å². The van der Waals surface area contributed by atoms with E-state index in [2.05, 4.69) is 5.32 Å². The standard InChI is InChI=1S/C12H13ClFNO2/c1-17-8-5-11(15-6-8)12(16)9-3-2-7(13)4-10(9)14/h2-4,8,11,15H,5-6H2,1H3. The summed E-state index contributed by atoms with van der Waals surface area (Å²) in [7, 11) is 1.60. The number of carbonyl (C=O) groups excluding carboxylic acids is 1. The molecule has 0 aliphatic carbocycles. The summed E-state index contributed by atoms with van der Waals surface area (Å²) >= 11 is 5.64. The smallest absolute Gasteiger partial charge is 0.182 e. The summed E-state index contributed by atoms with van der Waals surface area (Å²) in [4.78, 5) is 12.0. The van der Waals surface area contributed by atoms with Crippen LogP contribution in [0.15, 0.2) is 18.2 Å². The van der Waals surface area contributed by atoms with E-state index < -0.39 is 5.82 Å². The van der Waals surface area contributed by atoms with Crippen LogP contribution in [0.2, 0.25) is 5.02 Å². The molecule has 0 radical (unpaired) electrons. The fourth-order valence-corrected chi connectivity index (χ4v) is 2.12. The van der Waals surface area contributed by atoms with Gasteiger partial charge in [0, 0.05) is 18.7 Å². The zero-order valence-electron chi connectivity index (χ0n) is 9.37. The Hall–Kier alpha value is -0.970. The van der Waals surface area contributed by atoms with Crippen molar-refractivity contribution in [2.75, 3.05) is 13.7 Å². The lowest BCUT2D eigenvalue weighted by atomic mass is 10.0. The maximum Gasteiger partial charge on any atom is 0.182 e. The van der Waals surface area contributed by atoms with E-state index in [9.17, 15) is 9.18 Å². The quantitative estimate of drug-likeness (QED) is 0.843. The fraction of sp³-hybridized carbons (Fsp3) is 0.417. The van der Waals surface area contributed by atoms with E-state index in [-0.39, 0.29) is 28.5 Å². The predicted molar refractivity (Wildman–Crippen MR) is 62.9 cm³/mol. The van der Waals surface area contributed by atoms with Gasteiger partial charge in [0.05, 0.1) is 17.7 Å². The van der Waals surface area contributed by atoms with Crippen molar-refractivity contribution in [3.05, 3.63) is 34.6 Å². The van der Waals surface area contributed by atoms with Gasteiger partial charge in [-0.15, -0.1) is 0 Å². The van der Waals surface area contributed by atoms with Crippen LogP contribution in [0.3, 0.4) is 0 Å². The van der Waals surface area contributed by atoms with Gasteiger partial charge >= 0.3 is 0 Å². The number of Topliss-reactive ketones (excluding diaryl/α,β-unsaturated/α-hetero) is 1. The number of ketones is 1. The zero-order chi connectivity index (χ0) is 12.4. The monoisotopic (exact) mass is 257 g/mol. The first-order valence-corrected chi connectivity index (χ1v) is 5.75. The van der Waals surface area contributed by atoms with Crippen LogP contribution in [-0.2, 0) is 4.74 Å². The first kappa shape index (κ1) is 12.5. The highest BCUT2D eigenvalue weighted by molar-refractivity contribution is 6.30. The van der Waals surface area contributed by atoms with E-state index in [0.29, 0.717) is 13.0 Å². The maximum absolute atomic E-state index is 13.6. The first-order chi connectivity index (χ1) is 8.11. The molecule has 92 valence electrons. The fourth-order valence-electron chi connectivity index (χ4n) is 1.96. The van der Waals surface area contributed by atoms with Crippen LogP contribution in [0, 0.1) is 5.82 Å². The molecule has 0 aromatic heterocycles. The molecule has 0 spiro atoms. The van der Waals surface area contributed by atoms with Crippen molar-refractivity contribution >= 4 is 17.4 Å². The van der Waals surface area contributed by atoms with E-state index in [4.69, 9.17) is 16.3 Å². The molecule has 0 amide bonds. The third-order valence-corrected chi connectivity index (χ3v) is 3.17. The van der Waals surface area contributed by atoms with E-state index in [0.717, 1.165) is 6.07 Å². The molecule has 1 aromatic rings. The molecule has 0 bridgehead atoms. The van der Waals surface area contributed by atoms with Gasteiger partial charge in [0.2, 0.25) is 0 Å². The normalized spacial score (nSPS) is 23.9. The van der Waals surface area contributed by atoms with Gasteiger partial charge in [-0.1, -0.05) is 11.6 Å². The summed E-state index contributed by atoms with van der Waals surface area (Å²) in [6.45, 7) is 0.613. The lowest BCUT2D eigenvalue weighted by molar-refractivity contribution is 0.0915. The average Bonchev–Trinajstić information content (AvgIpc) is 2.76. The number of halogens is 2. The van der Waals surface area contributed by atoms with Crippen LogP contribution in [0.1, 0.15) is 16.8 Å². The Morgan fingerprint density at radius 1 is 1.59 bits per heavy atom. The van der Waals surface area contributed by atoms with Crippen LogP contribution < -0.4 is 5.32 Å². The summed E-state index contributed by atoms with van der Waals surface area (Å²) in [6.07, 6.45) is 0.580. The second-order valence-electron chi connectivity index (χ2n) is 4.04. The average molecular weight is 258 g/mol. The summed E-state index contributed by atoms with van der Waals surface area (Å²) in [5, 5.41) is 3.31. The summed E-state index contributed by atoms with van der Waals surface area (Å²) in [5.41, 5.74) is 0.0728. The van der Waals surface area contributed by atoms with Crippen molar-refractivity contribution in [2.24, 2.45) is 0 Å². The highest BCUT2D eigenvalue weighted by Crippen LogP contribution is 2.19. The van der Waals surface area contributed by atoms with Gasteiger partial charge in [-0.2, -0.15) is 0 Å². The van der Waals surface area contributed by atoms with Crippen LogP contribution in [-0.4, -0.2) is 31.6 Å². The van der Waals surface area contributed by atoms with Crippen LogP contribution in [0.4, 0.5) is 4.39 Å². The Labute approximate surface area is 104 Å². The van der Waals surface area contributed by atoms with E-state index >= 15 is 0 Å². The van der Waals surface area contributed by atoms with Crippen molar-refractivity contribution in [3.8, 4) is 0 Å². The third kappa shape index (κ3) is 2.65. The minimum absolute atomic E-state index is 0.0133. The molecule has 1 aromatic carbocycles.